The first kappa shape index (κ1) is 18.9. The number of nitrogens with one attached hydrogen (secondary N) is 2. The molecule has 0 spiro atoms. The summed E-state index contributed by atoms with van der Waals surface area (Å²) in [4.78, 5) is 16.7. The Kier molecular flexibility index (Phi) is 5.10. The van der Waals surface area contributed by atoms with E-state index >= 15 is 0 Å². The van der Waals surface area contributed by atoms with Crippen molar-refractivity contribution in [2.24, 2.45) is 0 Å². The van der Waals surface area contributed by atoms with Crippen molar-refractivity contribution in [3.05, 3.63) is 96.7 Å². The average molecular weight is 414 g/mol. The molecule has 0 unspecified atom stereocenters. The number of halogens is 1. The van der Waals surface area contributed by atoms with Crippen molar-refractivity contribution in [3.63, 3.8) is 0 Å². The highest BCUT2D eigenvalue weighted by molar-refractivity contribution is 5.95. The molecule has 0 aliphatic rings. The van der Waals surface area contributed by atoms with Gasteiger partial charge in [-0.1, -0.05) is 42.5 Å². The van der Waals surface area contributed by atoms with Gasteiger partial charge in [0.05, 0.1) is 5.69 Å². The van der Waals surface area contributed by atoms with Crippen molar-refractivity contribution in [2.75, 3.05) is 11.9 Å². The summed E-state index contributed by atoms with van der Waals surface area (Å²) < 4.78 is 13.7. The first-order valence-corrected chi connectivity index (χ1v) is 10.1. The van der Waals surface area contributed by atoms with Gasteiger partial charge in [-0.15, -0.1) is 0 Å². The van der Waals surface area contributed by atoms with E-state index in [4.69, 9.17) is 0 Å². The lowest BCUT2D eigenvalue weighted by Gasteiger charge is -2.07. The minimum absolute atomic E-state index is 0. The van der Waals surface area contributed by atoms with E-state index in [-0.39, 0.29) is 8.67 Å². The normalized spacial score (nSPS) is 11.0. The number of aromatic nitrogens is 4. The molecule has 0 radical (unpaired) electrons. The minimum atomic E-state index is -0.270. The third kappa shape index (κ3) is 4.14. The molecule has 0 bridgehead atoms. The summed E-state index contributed by atoms with van der Waals surface area (Å²) in [6, 6.07) is 20.7. The molecule has 2 aromatic carbocycles. The summed E-state index contributed by atoms with van der Waals surface area (Å²) in [7, 11) is 0. The molecule has 0 aliphatic heterocycles. The molecule has 0 saturated heterocycles. The predicted octanol–water partition coefficient (Wildman–Crippen LogP) is 5.97. The van der Waals surface area contributed by atoms with Gasteiger partial charge in [0.15, 0.2) is 0 Å². The van der Waals surface area contributed by atoms with Crippen LogP contribution in [0.2, 0.25) is 0 Å². The van der Waals surface area contributed by atoms with E-state index in [0.717, 1.165) is 46.4 Å². The number of hydrogen-bond acceptors (Lipinski definition) is 4. The smallest absolute Gasteiger partial charge is 0.223 e. The summed E-state index contributed by atoms with van der Waals surface area (Å²) in [5, 5.41) is 4.22. The Balaban J connectivity index is 0.00000153. The molecule has 5 rings (SSSR count). The number of anilines is 1. The molecule has 6 heteroatoms. The number of hydrogen-bond donors (Lipinski definition) is 2. The molecule has 0 amide bonds. The second-order valence-corrected chi connectivity index (χ2v) is 7.26. The van der Waals surface area contributed by atoms with Crippen LogP contribution in [0.15, 0.2) is 85.3 Å². The predicted molar refractivity (Wildman–Crippen MR) is 125 cm³/mol. The molecule has 0 atom stereocenters. The van der Waals surface area contributed by atoms with Gasteiger partial charge in [-0.3, -0.25) is 0 Å². The van der Waals surface area contributed by atoms with Crippen molar-refractivity contribution in [3.8, 4) is 22.4 Å². The number of fused-ring (bicyclic) bond motifs is 1. The van der Waals surface area contributed by atoms with Crippen molar-refractivity contribution in [1.29, 1.82) is 0 Å². The van der Waals surface area contributed by atoms with Crippen LogP contribution in [-0.4, -0.2) is 26.5 Å². The maximum absolute atomic E-state index is 13.7. The number of benzene rings is 2. The Morgan fingerprint density at radius 1 is 0.935 bits per heavy atom. The SMILES string of the molecule is Fc1cccc(-c2cnc3[nH]cc(-c4ccnc(NCCc5ccccc5)n4)c3c2)c1.[HH].[HH]. The minimum Gasteiger partial charge on any atom is -0.354 e. The number of pyridine rings is 1. The van der Waals surface area contributed by atoms with Gasteiger partial charge >= 0.3 is 0 Å². The van der Waals surface area contributed by atoms with Gasteiger partial charge in [0.2, 0.25) is 5.95 Å². The Morgan fingerprint density at radius 3 is 2.71 bits per heavy atom. The standard InChI is InChI=1S/C25H20FN5.2H2/c26-20-8-4-7-18(13-20)19-14-21-22(16-30-24(21)29-15-19)23-10-12-28-25(31-23)27-11-9-17-5-2-1-3-6-17;;/h1-8,10,12-16H,9,11H2,(H,29,30)(H,27,28,31);2*1H. The number of rotatable bonds is 6. The Labute approximate surface area is 182 Å². The van der Waals surface area contributed by atoms with Crippen LogP contribution < -0.4 is 5.32 Å². The molecule has 0 aliphatic carbocycles. The fourth-order valence-electron chi connectivity index (χ4n) is 3.60. The summed E-state index contributed by atoms with van der Waals surface area (Å²) in [5.74, 6) is 0.311. The summed E-state index contributed by atoms with van der Waals surface area (Å²) >= 11 is 0. The summed E-state index contributed by atoms with van der Waals surface area (Å²) in [5.41, 5.74) is 5.37. The lowest BCUT2D eigenvalue weighted by molar-refractivity contribution is 0.628. The van der Waals surface area contributed by atoms with E-state index < -0.39 is 0 Å². The van der Waals surface area contributed by atoms with E-state index in [2.05, 4.69) is 37.4 Å². The molecule has 2 N–H and O–H groups in total. The zero-order valence-corrected chi connectivity index (χ0v) is 16.7. The second-order valence-electron chi connectivity index (χ2n) is 7.26. The van der Waals surface area contributed by atoms with Gasteiger partial charge in [0.25, 0.3) is 0 Å². The van der Waals surface area contributed by atoms with E-state index in [1.54, 1.807) is 18.5 Å². The van der Waals surface area contributed by atoms with Crippen molar-refractivity contribution in [1.82, 2.24) is 19.9 Å². The number of nitrogens with zero attached hydrogens (tertiary/aromatic N) is 3. The zero-order chi connectivity index (χ0) is 21.0. The Bertz CT molecular complexity index is 1340. The largest absolute Gasteiger partial charge is 0.354 e. The van der Waals surface area contributed by atoms with Gasteiger partial charge in [-0.05, 0) is 41.8 Å². The molecule has 156 valence electrons. The van der Waals surface area contributed by atoms with Crippen molar-refractivity contribution < 1.29 is 7.24 Å². The van der Waals surface area contributed by atoms with E-state index in [9.17, 15) is 4.39 Å². The van der Waals surface area contributed by atoms with Crippen LogP contribution in [0.25, 0.3) is 33.4 Å². The molecule has 0 fully saturated rings. The van der Waals surface area contributed by atoms with Gasteiger partial charge in [0.1, 0.15) is 11.5 Å². The average Bonchev–Trinajstić information content (AvgIpc) is 3.23. The van der Waals surface area contributed by atoms with Gasteiger partial charge in [-0.2, -0.15) is 0 Å². The third-order valence-electron chi connectivity index (χ3n) is 5.16. The quantitative estimate of drug-likeness (QED) is 0.360. The van der Waals surface area contributed by atoms with Crippen LogP contribution in [0.3, 0.4) is 0 Å². The molecule has 5 nitrogen and oxygen atoms in total. The topological polar surface area (TPSA) is 66.5 Å². The van der Waals surface area contributed by atoms with Gasteiger partial charge in [-0.25, -0.2) is 19.3 Å². The maximum atomic E-state index is 13.7. The van der Waals surface area contributed by atoms with E-state index in [1.807, 2.05) is 42.6 Å². The summed E-state index contributed by atoms with van der Waals surface area (Å²) in [6.07, 6.45) is 6.27. The second kappa shape index (κ2) is 8.36. The van der Waals surface area contributed by atoms with E-state index in [1.165, 1.54) is 17.7 Å². The molecular weight excluding hydrogens is 389 g/mol. The molecule has 31 heavy (non-hydrogen) atoms. The highest BCUT2D eigenvalue weighted by Gasteiger charge is 2.11. The van der Waals surface area contributed by atoms with Crippen molar-refractivity contribution >= 4 is 17.0 Å². The van der Waals surface area contributed by atoms with Crippen LogP contribution in [-0.2, 0) is 6.42 Å². The van der Waals surface area contributed by atoms with Crippen molar-refractivity contribution in [2.45, 2.75) is 6.42 Å². The number of H-pyrrole nitrogens is 1. The molecule has 3 aromatic heterocycles. The van der Waals surface area contributed by atoms with Crippen LogP contribution in [0.5, 0.6) is 0 Å². The van der Waals surface area contributed by atoms with Gasteiger partial charge < -0.3 is 10.3 Å². The fraction of sp³-hybridized carbons (Fsp3) is 0.0800. The molecule has 0 saturated carbocycles. The van der Waals surface area contributed by atoms with Crippen LogP contribution in [0, 0.1) is 5.82 Å². The van der Waals surface area contributed by atoms with Crippen LogP contribution >= 0.6 is 0 Å². The Hall–Kier alpha value is -4.06. The molecule has 3 heterocycles. The monoisotopic (exact) mass is 413 g/mol. The lowest BCUT2D eigenvalue weighted by atomic mass is 10.0. The highest BCUT2D eigenvalue weighted by Crippen LogP contribution is 2.30. The van der Waals surface area contributed by atoms with Crippen LogP contribution in [0.4, 0.5) is 10.3 Å². The van der Waals surface area contributed by atoms with Crippen LogP contribution in [0.1, 0.15) is 8.42 Å². The highest BCUT2D eigenvalue weighted by atomic mass is 19.1. The van der Waals surface area contributed by atoms with Gasteiger partial charge in [0, 0.05) is 44.5 Å². The zero-order valence-electron chi connectivity index (χ0n) is 16.7. The Morgan fingerprint density at radius 2 is 1.84 bits per heavy atom. The van der Waals surface area contributed by atoms with E-state index in [0.29, 0.717) is 5.95 Å². The summed E-state index contributed by atoms with van der Waals surface area (Å²) in [6.45, 7) is 0.743. The third-order valence-corrected chi connectivity index (χ3v) is 5.16. The molecular formula is C25H24FN5. The molecule has 5 aromatic rings. The fourth-order valence-corrected chi connectivity index (χ4v) is 3.60. The first-order chi connectivity index (χ1) is 15.3. The first-order valence-electron chi connectivity index (χ1n) is 10.1. The lowest BCUT2D eigenvalue weighted by Crippen LogP contribution is -2.08. The number of aromatic amines is 1. The maximum Gasteiger partial charge on any atom is 0.223 e.